The smallest absolute Gasteiger partial charge is 0.227 e. The van der Waals surface area contributed by atoms with Gasteiger partial charge in [-0.25, -0.2) is 0 Å². The Hall–Kier alpha value is -1.88. The maximum atomic E-state index is 12.2. The predicted octanol–water partition coefficient (Wildman–Crippen LogP) is 1.64. The summed E-state index contributed by atoms with van der Waals surface area (Å²) in [6.45, 7) is 3.78. The van der Waals surface area contributed by atoms with E-state index in [9.17, 15) is 9.59 Å². The average molecular weight is 302 g/mol. The Balaban J connectivity index is 1.57. The number of nitrogens with zero attached hydrogens (tertiary/aromatic N) is 1. The van der Waals surface area contributed by atoms with Crippen LogP contribution in [0.3, 0.4) is 0 Å². The third kappa shape index (κ3) is 3.30. The molecule has 1 aromatic carbocycles. The van der Waals surface area contributed by atoms with E-state index in [-0.39, 0.29) is 30.3 Å². The van der Waals surface area contributed by atoms with E-state index < -0.39 is 0 Å². The molecule has 0 radical (unpaired) electrons. The molecular weight excluding hydrogens is 280 g/mol. The normalized spacial score (nSPS) is 24.8. The molecule has 1 N–H and O–H groups in total. The fraction of sp³-hybridized carbons (Fsp3) is 0.529. The van der Waals surface area contributed by atoms with Gasteiger partial charge in [0.15, 0.2) is 0 Å². The number of benzene rings is 1. The Kier molecular flexibility index (Phi) is 4.43. The van der Waals surface area contributed by atoms with Crippen molar-refractivity contribution in [1.29, 1.82) is 0 Å². The van der Waals surface area contributed by atoms with Gasteiger partial charge in [-0.1, -0.05) is 12.1 Å². The summed E-state index contributed by atoms with van der Waals surface area (Å²) in [7, 11) is 0. The minimum absolute atomic E-state index is 0.0165. The van der Waals surface area contributed by atoms with Crippen LogP contribution in [0.5, 0.6) is 0 Å². The van der Waals surface area contributed by atoms with Crippen molar-refractivity contribution >= 4 is 17.5 Å². The summed E-state index contributed by atoms with van der Waals surface area (Å²) in [5.41, 5.74) is 1.98. The summed E-state index contributed by atoms with van der Waals surface area (Å²) in [6, 6.07) is 7.82. The van der Waals surface area contributed by atoms with Crippen LogP contribution in [0.1, 0.15) is 24.8 Å². The second-order valence-corrected chi connectivity index (χ2v) is 6.12. The van der Waals surface area contributed by atoms with E-state index in [1.165, 1.54) is 0 Å². The number of carbonyl (C=O) groups excluding carboxylic acids is 2. The van der Waals surface area contributed by atoms with Crippen molar-refractivity contribution < 1.29 is 14.3 Å². The lowest BCUT2D eigenvalue weighted by molar-refractivity contribution is -0.126. The number of nitrogens with one attached hydrogen (secondary N) is 1. The first kappa shape index (κ1) is 15.0. The lowest BCUT2D eigenvalue weighted by Crippen LogP contribution is -2.37. The van der Waals surface area contributed by atoms with Gasteiger partial charge in [0, 0.05) is 31.8 Å². The Morgan fingerprint density at radius 1 is 1.45 bits per heavy atom. The van der Waals surface area contributed by atoms with Crippen LogP contribution in [0.2, 0.25) is 0 Å². The van der Waals surface area contributed by atoms with Gasteiger partial charge in [-0.05, 0) is 37.5 Å². The molecule has 0 saturated carbocycles. The zero-order chi connectivity index (χ0) is 15.5. The van der Waals surface area contributed by atoms with Gasteiger partial charge in [-0.2, -0.15) is 0 Å². The van der Waals surface area contributed by atoms with Crippen molar-refractivity contribution in [3.63, 3.8) is 0 Å². The quantitative estimate of drug-likeness (QED) is 0.920. The van der Waals surface area contributed by atoms with E-state index in [2.05, 4.69) is 5.32 Å². The Bertz CT molecular complexity index is 567. The average Bonchev–Trinajstić information content (AvgIpc) is 3.14. The summed E-state index contributed by atoms with van der Waals surface area (Å²) in [5, 5.41) is 2.93. The molecule has 5 nitrogen and oxygen atoms in total. The molecule has 2 heterocycles. The Morgan fingerprint density at radius 3 is 3.05 bits per heavy atom. The predicted molar refractivity (Wildman–Crippen MR) is 83.6 cm³/mol. The molecule has 2 saturated heterocycles. The first-order valence-corrected chi connectivity index (χ1v) is 7.90. The highest BCUT2D eigenvalue weighted by Crippen LogP contribution is 2.25. The number of aryl methyl sites for hydroxylation is 1. The van der Waals surface area contributed by atoms with Gasteiger partial charge >= 0.3 is 0 Å². The van der Waals surface area contributed by atoms with Gasteiger partial charge in [-0.3, -0.25) is 9.59 Å². The lowest BCUT2D eigenvalue weighted by Gasteiger charge is -2.17. The highest BCUT2D eigenvalue weighted by atomic mass is 16.5. The number of ether oxygens (including phenoxy) is 1. The largest absolute Gasteiger partial charge is 0.376 e. The monoisotopic (exact) mass is 302 g/mol. The standard InChI is InChI=1S/C17H22N2O3/c1-12-4-2-5-14(8-12)19-11-13(9-16(19)20)17(21)18-10-15-6-3-7-22-15/h2,4-5,8,13,15H,3,6-7,9-11H2,1H3,(H,18,21)/t13-,15-/m0/s1. The molecule has 0 unspecified atom stereocenters. The summed E-state index contributed by atoms with van der Waals surface area (Å²) in [5.74, 6) is -0.295. The van der Waals surface area contributed by atoms with E-state index in [1.54, 1.807) is 4.90 Å². The van der Waals surface area contributed by atoms with E-state index in [4.69, 9.17) is 4.74 Å². The maximum Gasteiger partial charge on any atom is 0.227 e. The Labute approximate surface area is 130 Å². The van der Waals surface area contributed by atoms with Crippen LogP contribution in [-0.2, 0) is 14.3 Å². The SMILES string of the molecule is Cc1cccc(N2C[C@@H](C(=O)NC[C@@H]3CCCO3)CC2=O)c1. The molecule has 1 aromatic rings. The van der Waals surface area contributed by atoms with E-state index in [1.807, 2.05) is 31.2 Å². The number of rotatable bonds is 4. The molecule has 2 fully saturated rings. The van der Waals surface area contributed by atoms with Crippen molar-refractivity contribution in [2.75, 3.05) is 24.6 Å². The summed E-state index contributed by atoms with van der Waals surface area (Å²) >= 11 is 0. The molecule has 0 aliphatic carbocycles. The first-order valence-electron chi connectivity index (χ1n) is 7.90. The lowest BCUT2D eigenvalue weighted by atomic mass is 10.1. The Morgan fingerprint density at radius 2 is 2.32 bits per heavy atom. The van der Waals surface area contributed by atoms with Crippen molar-refractivity contribution in [1.82, 2.24) is 5.32 Å². The second kappa shape index (κ2) is 6.48. The second-order valence-electron chi connectivity index (χ2n) is 6.12. The molecule has 2 aliphatic heterocycles. The van der Waals surface area contributed by atoms with Crippen LogP contribution in [0.15, 0.2) is 24.3 Å². The van der Waals surface area contributed by atoms with Crippen LogP contribution >= 0.6 is 0 Å². The van der Waals surface area contributed by atoms with E-state index in [0.717, 1.165) is 30.7 Å². The zero-order valence-corrected chi connectivity index (χ0v) is 12.9. The molecule has 0 bridgehead atoms. The number of amides is 2. The third-order valence-corrected chi connectivity index (χ3v) is 4.34. The zero-order valence-electron chi connectivity index (χ0n) is 12.9. The highest BCUT2D eigenvalue weighted by Gasteiger charge is 2.35. The molecule has 0 spiro atoms. The van der Waals surface area contributed by atoms with E-state index >= 15 is 0 Å². The number of anilines is 1. The van der Waals surface area contributed by atoms with Gasteiger partial charge in [0.25, 0.3) is 0 Å². The van der Waals surface area contributed by atoms with Crippen LogP contribution in [0, 0.1) is 12.8 Å². The summed E-state index contributed by atoms with van der Waals surface area (Å²) in [4.78, 5) is 26.1. The molecule has 22 heavy (non-hydrogen) atoms. The van der Waals surface area contributed by atoms with Crippen LogP contribution in [0.4, 0.5) is 5.69 Å². The van der Waals surface area contributed by atoms with Crippen molar-refractivity contribution in [2.45, 2.75) is 32.3 Å². The third-order valence-electron chi connectivity index (χ3n) is 4.34. The van der Waals surface area contributed by atoms with E-state index in [0.29, 0.717) is 13.1 Å². The number of carbonyl (C=O) groups is 2. The molecule has 2 atom stereocenters. The van der Waals surface area contributed by atoms with Gasteiger partial charge in [0.05, 0.1) is 12.0 Å². The van der Waals surface area contributed by atoms with Crippen molar-refractivity contribution in [3.05, 3.63) is 29.8 Å². The summed E-state index contributed by atoms with van der Waals surface area (Å²) < 4.78 is 5.50. The van der Waals surface area contributed by atoms with Gasteiger partial charge in [0.2, 0.25) is 11.8 Å². The molecule has 5 heteroatoms. The number of hydrogen-bond acceptors (Lipinski definition) is 3. The maximum absolute atomic E-state index is 12.2. The minimum Gasteiger partial charge on any atom is -0.376 e. The first-order chi connectivity index (χ1) is 10.6. The highest BCUT2D eigenvalue weighted by molar-refractivity contribution is 6.00. The summed E-state index contributed by atoms with van der Waals surface area (Å²) in [6.07, 6.45) is 2.47. The molecule has 118 valence electrons. The van der Waals surface area contributed by atoms with Crippen molar-refractivity contribution in [2.24, 2.45) is 5.92 Å². The van der Waals surface area contributed by atoms with Gasteiger partial charge < -0.3 is 15.0 Å². The van der Waals surface area contributed by atoms with Gasteiger partial charge in [-0.15, -0.1) is 0 Å². The van der Waals surface area contributed by atoms with Gasteiger partial charge in [0.1, 0.15) is 0 Å². The number of hydrogen-bond donors (Lipinski definition) is 1. The topological polar surface area (TPSA) is 58.6 Å². The molecule has 2 amide bonds. The molecule has 0 aromatic heterocycles. The van der Waals surface area contributed by atoms with Crippen LogP contribution in [0.25, 0.3) is 0 Å². The minimum atomic E-state index is -0.269. The van der Waals surface area contributed by atoms with Crippen LogP contribution in [-0.4, -0.2) is 37.6 Å². The van der Waals surface area contributed by atoms with Crippen LogP contribution < -0.4 is 10.2 Å². The molecule has 2 aliphatic rings. The molecule has 3 rings (SSSR count). The fourth-order valence-electron chi connectivity index (χ4n) is 3.09. The van der Waals surface area contributed by atoms with Crippen molar-refractivity contribution in [3.8, 4) is 0 Å². The molecular formula is C17H22N2O3. The fourth-order valence-corrected chi connectivity index (χ4v) is 3.09.